The van der Waals surface area contributed by atoms with Crippen molar-refractivity contribution in [1.29, 1.82) is 0 Å². The van der Waals surface area contributed by atoms with E-state index >= 15 is 0 Å². The fourth-order valence-electron chi connectivity index (χ4n) is 5.27. The standard InChI is InChI=1S/C26H32ClN7OS/c1-17(30-16-28-2)20-14-22-21(15-29-20)32-26(33-11-4-3-5-12-33)34(22)19-8-6-7-18(13-19)31-25(35)23-9-10-24(27)36-23/h9-10,14-16,18-19H,1,3-8,11-13H2,2H3,(H,28,30)(H,31,35). The van der Waals surface area contributed by atoms with Gasteiger partial charge in [-0.2, -0.15) is 0 Å². The fraction of sp³-hybridized carbons (Fsp3) is 0.462. The Hall–Kier alpha value is -2.91. The first kappa shape index (κ1) is 24.8. The minimum atomic E-state index is -0.0456. The first-order chi connectivity index (χ1) is 17.5. The number of aromatic nitrogens is 3. The van der Waals surface area contributed by atoms with Crippen molar-refractivity contribution in [2.45, 2.75) is 57.0 Å². The van der Waals surface area contributed by atoms with Gasteiger partial charge in [-0.3, -0.25) is 14.8 Å². The van der Waals surface area contributed by atoms with Crippen LogP contribution in [-0.4, -0.2) is 53.0 Å². The van der Waals surface area contributed by atoms with E-state index in [4.69, 9.17) is 16.6 Å². The van der Waals surface area contributed by atoms with Crippen molar-refractivity contribution in [2.24, 2.45) is 4.99 Å². The highest BCUT2D eigenvalue weighted by Gasteiger charge is 2.30. The Bertz CT molecular complexity index is 1280. The number of halogens is 1. The lowest BCUT2D eigenvalue weighted by atomic mass is 9.90. The summed E-state index contributed by atoms with van der Waals surface area (Å²) in [7, 11) is 1.71. The number of nitrogens with zero attached hydrogens (tertiary/aromatic N) is 5. The molecule has 5 rings (SSSR count). The highest BCUT2D eigenvalue weighted by Crippen LogP contribution is 2.37. The number of hydrogen-bond donors (Lipinski definition) is 2. The maximum absolute atomic E-state index is 12.8. The molecule has 36 heavy (non-hydrogen) atoms. The molecule has 1 aliphatic carbocycles. The topological polar surface area (TPSA) is 87.4 Å². The largest absolute Gasteiger partial charge is 0.349 e. The molecule has 1 saturated heterocycles. The van der Waals surface area contributed by atoms with Gasteiger partial charge in [-0.1, -0.05) is 18.2 Å². The lowest BCUT2D eigenvalue weighted by Gasteiger charge is -2.35. The van der Waals surface area contributed by atoms with Gasteiger partial charge in [0.2, 0.25) is 5.95 Å². The maximum atomic E-state index is 12.8. The molecule has 0 aromatic carbocycles. The second-order valence-corrected chi connectivity index (χ2v) is 11.2. The van der Waals surface area contributed by atoms with E-state index in [-0.39, 0.29) is 18.0 Å². The SMILES string of the molecule is C=C(NC=NC)c1cc2c(cn1)nc(N1CCCCC1)n2C1CCCC(NC(=O)c2ccc(Cl)s2)C1. The van der Waals surface area contributed by atoms with Crippen LogP contribution in [0.5, 0.6) is 0 Å². The van der Waals surface area contributed by atoms with Crippen molar-refractivity contribution in [3.05, 3.63) is 45.9 Å². The normalized spacial score (nSPS) is 20.7. The Balaban J connectivity index is 1.46. The van der Waals surface area contributed by atoms with Crippen LogP contribution in [0.25, 0.3) is 16.7 Å². The van der Waals surface area contributed by atoms with Crippen molar-refractivity contribution >= 4 is 57.9 Å². The molecule has 10 heteroatoms. The van der Waals surface area contributed by atoms with Crippen LogP contribution in [0.3, 0.4) is 0 Å². The number of fused-ring (bicyclic) bond motifs is 1. The Kier molecular flexibility index (Phi) is 7.57. The van der Waals surface area contributed by atoms with Crippen LogP contribution < -0.4 is 15.5 Å². The summed E-state index contributed by atoms with van der Waals surface area (Å²) in [4.78, 5) is 29.6. The number of anilines is 1. The molecule has 2 atom stereocenters. The van der Waals surface area contributed by atoms with Gasteiger partial charge in [0.1, 0.15) is 5.52 Å². The molecule has 0 spiro atoms. The second kappa shape index (κ2) is 11.0. The number of carbonyl (C=O) groups is 1. The molecule has 0 bridgehead atoms. The maximum Gasteiger partial charge on any atom is 0.261 e. The number of nitrogens with one attached hydrogen (secondary N) is 2. The number of pyridine rings is 1. The minimum Gasteiger partial charge on any atom is -0.349 e. The van der Waals surface area contributed by atoms with Gasteiger partial charge in [-0.05, 0) is 63.1 Å². The van der Waals surface area contributed by atoms with Gasteiger partial charge in [-0.25, -0.2) is 4.98 Å². The first-order valence-corrected chi connectivity index (χ1v) is 13.8. The molecule has 1 amide bonds. The smallest absolute Gasteiger partial charge is 0.261 e. The molecule has 190 valence electrons. The Labute approximate surface area is 220 Å². The van der Waals surface area contributed by atoms with E-state index in [2.05, 4.69) is 42.7 Å². The van der Waals surface area contributed by atoms with Gasteiger partial charge in [-0.15, -0.1) is 11.3 Å². The number of amides is 1. The van der Waals surface area contributed by atoms with E-state index in [9.17, 15) is 4.79 Å². The molecule has 1 saturated carbocycles. The van der Waals surface area contributed by atoms with Crippen LogP contribution in [0.4, 0.5) is 5.95 Å². The van der Waals surface area contributed by atoms with Crippen LogP contribution in [0.2, 0.25) is 4.34 Å². The van der Waals surface area contributed by atoms with E-state index in [0.29, 0.717) is 14.9 Å². The summed E-state index contributed by atoms with van der Waals surface area (Å²) in [6.45, 7) is 6.14. The summed E-state index contributed by atoms with van der Waals surface area (Å²) >= 11 is 7.37. The number of imidazole rings is 1. The van der Waals surface area contributed by atoms with Gasteiger partial charge < -0.3 is 20.1 Å². The molecular formula is C26H32ClN7OS. The Morgan fingerprint density at radius 2 is 2.08 bits per heavy atom. The number of hydrogen-bond acceptors (Lipinski definition) is 6. The van der Waals surface area contributed by atoms with Crippen LogP contribution in [0.1, 0.15) is 66.4 Å². The summed E-state index contributed by atoms with van der Waals surface area (Å²) in [6, 6.07) is 5.96. The molecule has 2 N–H and O–H groups in total. The molecule has 4 heterocycles. The predicted molar refractivity (Wildman–Crippen MR) is 148 cm³/mol. The van der Waals surface area contributed by atoms with E-state index in [0.717, 1.165) is 61.4 Å². The zero-order chi connectivity index (χ0) is 25.1. The minimum absolute atomic E-state index is 0.0456. The lowest BCUT2D eigenvalue weighted by molar-refractivity contribution is 0.0925. The van der Waals surface area contributed by atoms with Gasteiger partial charge >= 0.3 is 0 Å². The molecule has 8 nitrogen and oxygen atoms in total. The second-order valence-electron chi connectivity index (χ2n) is 9.49. The molecular weight excluding hydrogens is 494 g/mol. The van der Waals surface area contributed by atoms with Crippen molar-refractivity contribution < 1.29 is 4.79 Å². The lowest BCUT2D eigenvalue weighted by Crippen LogP contribution is -2.39. The Morgan fingerprint density at radius 3 is 2.83 bits per heavy atom. The fourth-order valence-corrected chi connectivity index (χ4v) is 6.21. The van der Waals surface area contributed by atoms with Crippen LogP contribution in [0, 0.1) is 0 Å². The van der Waals surface area contributed by atoms with E-state index in [1.807, 2.05) is 6.20 Å². The van der Waals surface area contributed by atoms with E-state index in [1.165, 1.54) is 30.6 Å². The molecule has 0 radical (unpaired) electrons. The van der Waals surface area contributed by atoms with Crippen molar-refractivity contribution in [1.82, 2.24) is 25.2 Å². The predicted octanol–water partition coefficient (Wildman–Crippen LogP) is 5.27. The molecule has 3 aromatic rings. The van der Waals surface area contributed by atoms with Crippen LogP contribution >= 0.6 is 22.9 Å². The zero-order valence-corrected chi connectivity index (χ0v) is 22.1. The number of rotatable bonds is 7. The average Bonchev–Trinajstić information content (AvgIpc) is 3.51. The van der Waals surface area contributed by atoms with Crippen molar-refractivity contribution in [3.8, 4) is 0 Å². The summed E-state index contributed by atoms with van der Waals surface area (Å²) in [5.74, 6) is 0.968. The third-order valence-corrected chi connectivity index (χ3v) is 8.25. The van der Waals surface area contributed by atoms with Gasteiger partial charge in [0.15, 0.2) is 0 Å². The summed E-state index contributed by atoms with van der Waals surface area (Å²) in [6.07, 6.45) is 11.0. The van der Waals surface area contributed by atoms with Crippen LogP contribution in [-0.2, 0) is 0 Å². The molecule has 2 fully saturated rings. The monoisotopic (exact) mass is 525 g/mol. The van der Waals surface area contributed by atoms with E-state index < -0.39 is 0 Å². The molecule has 2 unspecified atom stereocenters. The van der Waals surface area contributed by atoms with Gasteiger partial charge in [0.25, 0.3) is 5.91 Å². The molecule has 2 aliphatic rings. The number of piperidine rings is 1. The zero-order valence-electron chi connectivity index (χ0n) is 20.5. The van der Waals surface area contributed by atoms with Crippen molar-refractivity contribution in [3.63, 3.8) is 0 Å². The number of carbonyl (C=O) groups excluding carboxylic acids is 1. The van der Waals surface area contributed by atoms with Gasteiger partial charge in [0.05, 0.1) is 38.7 Å². The van der Waals surface area contributed by atoms with Crippen LogP contribution in [0.15, 0.2) is 36.0 Å². The summed E-state index contributed by atoms with van der Waals surface area (Å²) in [5, 5.41) is 6.34. The number of thiophene rings is 1. The van der Waals surface area contributed by atoms with E-state index in [1.54, 1.807) is 25.5 Å². The quantitative estimate of drug-likeness (QED) is 0.324. The number of aliphatic imine (C=N–C) groups is 1. The van der Waals surface area contributed by atoms with Crippen molar-refractivity contribution in [2.75, 3.05) is 25.0 Å². The highest BCUT2D eigenvalue weighted by atomic mass is 35.5. The third-order valence-electron chi connectivity index (χ3n) is 7.02. The average molecular weight is 526 g/mol. The first-order valence-electron chi connectivity index (χ1n) is 12.6. The molecule has 3 aromatic heterocycles. The third kappa shape index (κ3) is 5.27. The highest BCUT2D eigenvalue weighted by molar-refractivity contribution is 7.18. The molecule has 1 aliphatic heterocycles. The van der Waals surface area contributed by atoms with Gasteiger partial charge in [0, 0.05) is 32.2 Å². The Morgan fingerprint density at radius 1 is 1.25 bits per heavy atom. The summed E-state index contributed by atoms with van der Waals surface area (Å²) in [5.41, 5.74) is 3.40. The summed E-state index contributed by atoms with van der Waals surface area (Å²) < 4.78 is 3.02.